The minimum atomic E-state index is -0.233. The molecule has 2 N–H and O–H groups in total. The minimum Gasteiger partial charge on any atom is -0.345 e. The van der Waals surface area contributed by atoms with Crippen molar-refractivity contribution in [3.8, 4) is 0 Å². The summed E-state index contributed by atoms with van der Waals surface area (Å²) in [5.41, 5.74) is 5.62. The highest BCUT2D eigenvalue weighted by molar-refractivity contribution is 5.75. The first kappa shape index (κ1) is 12.5. The highest BCUT2D eigenvalue weighted by atomic mass is 16.2. The number of hydrogen-bond donors (Lipinski definition) is 1. The van der Waals surface area contributed by atoms with Gasteiger partial charge in [0.2, 0.25) is 5.91 Å². The van der Waals surface area contributed by atoms with Gasteiger partial charge in [-0.15, -0.1) is 0 Å². The monoisotopic (exact) mass is 212 g/mol. The van der Waals surface area contributed by atoms with E-state index in [-0.39, 0.29) is 11.4 Å². The van der Waals surface area contributed by atoms with Crippen molar-refractivity contribution in [1.82, 2.24) is 4.90 Å². The second-order valence-corrected chi connectivity index (χ2v) is 5.74. The molecule has 0 radical (unpaired) electrons. The van der Waals surface area contributed by atoms with Gasteiger partial charge in [-0.05, 0) is 38.5 Å². The number of amides is 1. The quantitative estimate of drug-likeness (QED) is 0.752. The fourth-order valence-corrected chi connectivity index (χ4v) is 1.73. The lowest BCUT2D eigenvalue weighted by Gasteiger charge is -2.21. The standard InChI is InChI=1S/C12H24N2O/c1-9-7-10(9)8-14(4)11(15)5-6-12(2,3)13/h9-10H,5-8,13H2,1-4H3. The molecule has 0 aliphatic heterocycles. The van der Waals surface area contributed by atoms with Gasteiger partial charge in [-0.3, -0.25) is 4.79 Å². The van der Waals surface area contributed by atoms with E-state index in [1.165, 1.54) is 6.42 Å². The van der Waals surface area contributed by atoms with Crippen molar-refractivity contribution in [3.05, 3.63) is 0 Å². The summed E-state index contributed by atoms with van der Waals surface area (Å²) in [7, 11) is 1.90. The molecule has 0 bridgehead atoms. The van der Waals surface area contributed by atoms with Gasteiger partial charge in [0.25, 0.3) is 0 Å². The predicted molar refractivity (Wildman–Crippen MR) is 62.4 cm³/mol. The number of hydrogen-bond acceptors (Lipinski definition) is 2. The highest BCUT2D eigenvalue weighted by Gasteiger charge is 2.34. The number of nitrogens with zero attached hydrogens (tertiary/aromatic N) is 1. The summed E-state index contributed by atoms with van der Waals surface area (Å²) in [5.74, 6) is 1.78. The van der Waals surface area contributed by atoms with Gasteiger partial charge in [0.05, 0.1) is 0 Å². The van der Waals surface area contributed by atoms with E-state index in [0.717, 1.165) is 24.8 Å². The Morgan fingerprint density at radius 2 is 2.07 bits per heavy atom. The van der Waals surface area contributed by atoms with Crippen LogP contribution in [-0.4, -0.2) is 29.9 Å². The Labute approximate surface area is 93.0 Å². The average molecular weight is 212 g/mol. The van der Waals surface area contributed by atoms with Gasteiger partial charge in [-0.2, -0.15) is 0 Å². The lowest BCUT2D eigenvalue weighted by atomic mass is 10.00. The molecule has 0 aromatic rings. The van der Waals surface area contributed by atoms with Crippen LogP contribution in [0.3, 0.4) is 0 Å². The van der Waals surface area contributed by atoms with Gasteiger partial charge in [-0.25, -0.2) is 0 Å². The molecular formula is C12H24N2O. The smallest absolute Gasteiger partial charge is 0.222 e. The zero-order valence-electron chi connectivity index (χ0n) is 10.4. The molecule has 2 atom stereocenters. The van der Waals surface area contributed by atoms with E-state index in [1.807, 2.05) is 25.8 Å². The van der Waals surface area contributed by atoms with Crippen molar-refractivity contribution < 1.29 is 4.79 Å². The molecule has 1 aliphatic rings. The van der Waals surface area contributed by atoms with Gasteiger partial charge < -0.3 is 10.6 Å². The van der Waals surface area contributed by atoms with E-state index in [2.05, 4.69) is 6.92 Å². The van der Waals surface area contributed by atoms with Crippen LogP contribution in [0.5, 0.6) is 0 Å². The van der Waals surface area contributed by atoms with Crippen LogP contribution in [0.4, 0.5) is 0 Å². The first-order valence-corrected chi connectivity index (χ1v) is 5.82. The van der Waals surface area contributed by atoms with Crippen LogP contribution < -0.4 is 5.73 Å². The number of nitrogens with two attached hydrogens (primary N) is 1. The largest absolute Gasteiger partial charge is 0.345 e. The molecule has 88 valence electrons. The molecule has 1 amide bonds. The molecule has 1 saturated carbocycles. The Morgan fingerprint density at radius 3 is 2.47 bits per heavy atom. The van der Waals surface area contributed by atoms with Crippen molar-refractivity contribution in [1.29, 1.82) is 0 Å². The maximum absolute atomic E-state index is 11.7. The summed E-state index contributed by atoms with van der Waals surface area (Å²) in [6.45, 7) is 7.09. The van der Waals surface area contributed by atoms with Crippen LogP contribution in [0.25, 0.3) is 0 Å². The van der Waals surface area contributed by atoms with Crippen molar-refractivity contribution in [2.75, 3.05) is 13.6 Å². The lowest BCUT2D eigenvalue weighted by Crippen LogP contribution is -2.35. The molecule has 3 heteroatoms. The van der Waals surface area contributed by atoms with Gasteiger partial charge in [0.15, 0.2) is 0 Å². The first-order valence-electron chi connectivity index (χ1n) is 5.82. The van der Waals surface area contributed by atoms with Crippen LogP contribution in [0.2, 0.25) is 0 Å². The third kappa shape index (κ3) is 4.65. The maximum Gasteiger partial charge on any atom is 0.222 e. The molecule has 0 heterocycles. The molecule has 1 aliphatic carbocycles. The molecule has 3 nitrogen and oxygen atoms in total. The van der Waals surface area contributed by atoms with E-state index >= 15 is 0 Å². The number of rotatable bonds is 5. The second-order valence-electron chi connectivity index (χ2n) is 5.74. The van der Waals surface area contributed by atoms with Crippen LogP contribution in [0, 0.1) is 11.8 Å². The maximum atomic E-state index is 11.7. The summed E-state index contributed by atoms with van der Waals surface area (Å²) in [4.78, 5) is 13.6. The number of carbonyl (C=O) groups is 1. The zero-order valence-corrected chi connectivity index (χ0v) is 10.4. The molecule has 0 aromatic carbocycles. The molecule has 15 heavy (non-hydrogen) atoms. The summed E-state index contributed by atoms with van der Waals surface area (Å²) < 4.78 is 0. The summed E-state index contributed by atoms with van der Waals surface area (Å²) in [5, 5.41) is 0. The average Bonchev–Trinajstić information content (AvgIpc) is 2.76. The Balaban J connectivity index is 2.21. The minimum absolute atomic E-state index is 0.229. The molecule has 2 unspecified atom stereocenters. The lowest BCUT2D eigenvalue weighted by molar-refractivity contribution is -0.130. The fraction of sp³-hybridized carbons (Fsp3) is 0.917. The van der Waals surface area contributed by atoms with Gasteiger partial charge in [0.1, 0.15) is 0 Å². The zero-order chi connectivity index (χ0) is 11.6. The van der Waals surface area contributed by atoms with Crippen LogP contribution in [0.1, 0.15) is 40.0 Å². The molecule has 0 saturated heterocycles. The van der Waals surface area contributed by atoms with Crippen molar-refractivity contribution in [2.45, 2.75) is 45.6 Å². The number of carbonyl (C=O) groups excluding carboxylic acids is 1. The third-order valence-electron chi connectivity index (χ3n) is 3.19. The van der Waals surface area contributed by atoms with Crippen LogP contribution in [-0.2, 0) is 4.79 Å². The Bertz CT molecular complexity index is 232. The Hall–Kier alpha value is -0.570. The summed E-state index contributed by atoms with van der Waals surface area (Å²) in [6, 6.07) is 0. The van der Waals surface area contributed by atoms with Crippen molar-refractivity contribution >= 4 is 5.91 Å². The highest BCUT2D eigenvalue weighted by Crippen LogP contribution is 2.38. The predicted octanol–water partition coefficient (Wildman–Crippen LogP) is 1.62. The van der Waals surface area contributed by atoms with E-state index in [0.29, 0.717) is 6.42 Å². The van der Waals surface area contributed by atoms with E-state index in [9.17, 15) is 4.79 Å². The van der Waals surface area contributed by atoms with E-state index < -0.39 is 0 Å². The van der Waals surface area contributed by atoms with E-state index in [4.69, 9.17) is 5.73 Å². The van der Waals surface area contributed by atoms with Gasteiger partial charge >= 0.3 is 0 Å². The topological polar surface area (TPSA) is 46.3 Å². The van der Waals surface area contributed by atoms with E-state index in [1.54, 1.807) is 0 Å². The van der Waals surface area contributed by atoms with Crippen LogP contribution >= 0.6 is 0 Å². The molecular weight excluding hydrogens is 188 g/mol. The normalized spacial score (nSPS) is 25.1. The first-order chi connectivity index (χ1) is 6.79. The van der Waals surface area contributed by atoms with Gasteiger partial charge in [-0.1, -0.05) is 6.92 Å². The van der Waals surface area contributed by atoms with Crippen LogP contribution in [0.15, 0.2) is 0 Å². The Kier molecular flexibility index (Phi) is 3.77. The molecule has 1 rings (SSSR count). The molecule has 0 spiro atoms. The molecule has 1 fully saturated rings. The van der Waals surface area contributed by atoms with Crippen molar-refractivity contribution in [2.24, 2.45) is 17.6 Å². The molecule has 0 aromatic heterocycles. The summed E-state index contributed by atoms with van der Waals surface area (Å²) >= 11 is 0. The van der Waals surface area contributed by atoms with Gasteiger partial charge in [0, 0.05) is 25.6 Å². The second kappa shape index (κ2) is 4.52. The van der Waals surface area contributed by atoms with Crippen molar-refractivity contribution in [3.63, 3.8) is 0 Å². The summed E-state index contributed by atoms with van der Waals surface area (Å²) in [6.07, 6.45) is 2.61. The Morgan fingerprint density at radius 1 is 1.53 bits per heavy atom. The SMILES string of the molecule is CC1CC1CN(C)C(=O)CCC(C)(C)N. The fourth-order valence-electron chi connectivity index (χ4n) is 1.73. The third-order valence-corrected chi connectivity index (χ3v) is 3.19.